The zero-order valence-electron chi connectivity index (χ0n) is 12.0. The topological polar surface area (TPSA) is 118 Å². The van der Waals surface area contributed by atoms with Gasteiger partial charge in [0.15, 0.2) is 0 Å². The normalized spacial score (nSPS) is 20.1. The van der Waals surface area contributed by atoms with E-state index in [4.69, 9.17) is 5.73 Å². The molecule has 2 aromatic rings. The number of nitrogens with two attached hydrogens (primary N) is 1. The Hall–Kier alpha value is -2.00. The van der Waals surface area contributed by atoms with Crippen LogP contribution < -0.4 is 5.73 Å². The van der Waals surface area contributed by atoms with Crippen molar-refractivity contribution in [1.82, 2.24) is 24.5 Å². The fourth-order valence-corrected chi connectivity index (χ4v) is 4.21. The van der Waals surface area contributed by atoms with Crippen LogP contribution in [0.2, 0.25) is 0 Å². The first kappa shape index (κ1) is 14.9. The van der Waals surface area contributed by atoms with Gasteiger partial charge in [-0.25, -0.2) is 13.4 Å². The minimum Gasteiger partial charge on any atom is -0.382 e. The van der Waals surface area contributed by atoms with E-state index in [0.29, 0.717) is 25.3 Å². The fourth-order valence-electron chi connectivity index (χ4n) is 2.75. The Kier molecular flexibility index (Phi) is 4.08. The summed E-state index contributed by atoms with van der Waals surface area (Å²) >= 11 is 0. The SMILES string of the molecule is Nc1nccnc1CC1CCCN(S(=O)(=O)c2cn[nH]c2)C1. The van der Waals surface area contributed by atoms with Crippen LogP contribution >= 0.6 is 0 Å². The van der Waals surface area contributed by atoms with Crippen LogP contribution in [0.5, 0.6) is 0 Å². The van der Waals surface area contributed by atoms with Crippen LogP contribution in [0.4, 0.5) is 5.82 Å². The standard InChI is InChI=1S/C13H18N6O2S/c14-13-12(15-3-4-16-13)6-10-2-1-5-19(9-10)22(20,21)11-7-17-18-8-11/h3-4,7-8,10H,1-2,5-6,9H2,(H2,14,16)(H,17,18). The molecule has 3 N–H and O–H groups in total. The number of nitrogens with zero attached hydrogens (tertiary/aromatic N) is 4. The highest BCUT2D eigenvalue weighted by molar-refractivity contribution is 7.89. The number of sulfonamides is 1. The minimum absolute atomic E-state index is 0.189. The van der Waals surface area contributed by atoms with Crippen LogP contribution in [0, 0.1) is 5.92 Å². The summed E-state index contributed by atoms with van der Waals surface area (Å²) in [5.41, 5.74) is 6.55. The van der Waals surface area contributed by atoms with Gasteiger partial charge in [-0.2, -0.15) is 9.40 Å². The molecular weight excluding hydrogens is 304 g/mol. The van der Waals surface area contributed by atoms with Gasteiger partial charge < -0.3 is 5.73 Å². The van der Waals surface area contributed by atoms with Gasteiger partial charge >= 0.3 is 0 Å². The third-order valence-corrected chi connectivity index (χ3v) is 5.71. The Morgan fingerprint density at radius 1 is 1.36 bits per heavy atom. The van der Waals surface area contributed by atoms with E-state index in [1.807, 2.05) is 0 Å². The largest absolute Gasteiger partial charge is 0.382 e. The summed E-state index contributed by atoms with van der Waals surface area (Å²) in [4.78, 5) is 8.46. The molecule has 0 amide bonds. The maximum absolute atomic E-state index is 12.5. The molecule has 22 heavy (non-hydrogen) atoms. The first-order chi connectivity index (χ1) is 10.6. The molecule has 3 heterocycles. The van der Waals surface area contributed by atoms with Gasteiger partial charge in [0, 0.05) is 31.7 Å². The van der Waals surface area contributed by atoms with Gasteiger partial charge in [-0.15, -0.1) is 0 Å². The Bertz CT molecular complexity index is 731. The molecule has 1 aliphatic heterocycles. The Morgan fingerprint density at radius 3 is 2.91 bits per heavy atom. The number of piperidine rings is 1. The lowest BCUT2D eigenvalue weighted by Crippen LogP contribution is -2.40. The van der Waals surface area contributed by atoms with Crippen molar-refractivity contribution in [3.63, 3.8) is 0 Å². The highest BCUT2D eigenvalue weighted by Crippen LogP contribution is 2.25. The second-order valence-corrected chi connectivity index (χ2v) is 7.34. The number of nitrogens with one attached hydrogen (secondary N) is 1. The smallest absolute Gasteiger partial charge is 0.246 e. The van der Waals surface area contributed by atoms with Crippen LogP contribution in [-0.2, 0) is 16.4 Å². The first-order valence-electron chi connectivity index (χ1n) is 7.11. The molecule has 3 rings (SSSR count). The summed E-state index contributed by atoms with van der Waals surface area (Å²) in [5.74, 6) is 0.603. The zero-order valence-corrected chi connectivity index (χ0v) is 12.8. The minimum atomic E-state index is -3.48. The van der Waals surface area contributed by atoms with Crippen LogP contribution in [0.1, 0.15) is 18.5 Å². The van der Waals surface area contributed by atoms with Gasteiger partial charge in [0.25, 0.3) is 0 Å². The van der Waals surface area contributed by atoms with E-state index in [0.717, 1.165) is 18.5 Å². The van der Waals surface area contributed by atoms with Crippen LogP contribution in [0.15, 0.2) is 29.7 Å². The molecule has 9 heteroatoms. The molecule has 0 aliphatic carbocycles. The summed E-state index contributed by atoms with van der Waals surface area (Å²) in [5, 5.41) is 6.26. The lowest BCUT2D eigenvalue weighted by atomic mass is 9.94. The molecule has 8 nitrogen and oxygen atoms in total. The molecule has 1 unspecified atom stereocenters. The maximum atomic E-state index is 12.5. The van der Waals surface area contributed by atoms with Crippen LogP contribution in [0.25, 0.3) is 0 Å². The number of anilines is 1. The van der Waals surface area contributed by atoms with Gasteiger partial charge in [0.05, 0.1) is 11.9 Å². The van der Waals surface area contributed by atoms with Gasteiger partial charge in [0.2, 0.25) is 10.0 Å². The molecule has 0 radical (unpaired) electrons. The monoisotopic (exact) mass is 322 g/mol. The molecule has 0 bridgehead atoms. The summed E-state index contributed by atoms with van der Waals surface area (Å²) < 4.78 is 26.6. The highest BCUT2D eigenvalue weighted by Gasteiger charge is 2.31. The number of hydrogen-bond acceptors (Lipinski definition) is 6. The molecule has 1 aliphatic rings. The lowest BCUT2D eigenvalue weighted by molar-refractivity contribution is 0.264. The van der Waals surface area contributed by atoms with Crippen molar-refractivity contribution in [2.45, 2.75) is 24.2 Å². The predicted octanol–water partition coefficient (Wildman–Crippen LogP) is 0.425. The fraction of sp³-hybridized carbons (Fsp3) is 0.462. The molecule has 1 saturated heterocycles. The van der Waals surface area contributed by atoms with Crippen molar-refractivity contribution >= 4 is 15.8 Å². The van der Waals surface area contributed by atoms with Crippen molar-refractivity contribution in [2.24, 2.45) is 5.92 Å². The molecular formula is C13H18N6O2S. The van der Waals surface area contributed by atoms with E-state index in [1.54, 1.807) is 12.4 Å². The Labute approximate surface area is 128 Å². The Balaban J connectivity index is 1.74. The van der Waals surface area contributed by atoms with Gasteiger partial charge in [0.1, 0.15) is 10.7 Å². The summed E-state index contributed by atoms with van der Waals surface area (Å²) in [6, 6.07) is 0. The van der Waals surface area contributed by atoms with Crippen molar-refractivity contribution in [2.75, 3.05) is 18.8 Å². The van der Waals surface area contributed by atoms with E-state index in [2.05, 4.69) is 20.2 Å². The average molecular weight is 322 g/mol. The molecule has 0 spiro atoms. The van der Waals surface area contributed by atoms with Gasteiger partial charge in [-0.1, -0.05) is 0 Å². The molecule has 2 aromatic heterocycles. The molecule has 1 atom stereocenters. The quantitative estimate of drug-likeness (QED) is 0.842. The third-order valence-electron chi connectivity index (χ3n) is 3.88. The molecule has 0 aromatic carbocycles. The third kappa shape index (κ3) is 2.95. The van der Waals surface area contributed by atoms with Crippen molar-refractivity contribution in [3.8, 4) is 0 Å². The highest BCUT2D eigenvalue weighted by atomic mass is 32.2. The predicted molar refractivity (Wildman–Crippen MR) is 80.2 cm³/mol. The number of H-pyrrole nitrogens is 1. The molecule has 0 saturated carbocycles. The Morgan fingerprint density at radius 2 is 2.18 bits per heavy atom. The molecule has 1 fully saturated rings. The van der Waals surface area contributed by atoms with Crippen LogP contribution in [-0.4, -0.2) is 46.0 Å². The second kappa shape index (κ2) is 6.01. The van der Waals surface area contributed by atoms with Crippen LogP contribution in [0.3, 0.4) is 0 Å². The lowest BCUT2D eigenvalue weighted by Gasteiger charge is -2.31. The second-order valence-electron chi connectivity index (χ2n) is 5.40. The number of nitrogen functional groups attached to an aromatic ring is 1. The summed E-state index contributed by atoms with van der Waals surface area (Å²) in [6.07, 6.45) is 8.30. The van der Waals surface area contributed by atoms with E-state index in [9.17, 15) is 8.42 Å². The van der Waals surface area contributed by atoms with Crippen molar-refractivity contribution < 1.29 is 8.42 Å². The number of hydrogen-bond donors (Lipinski definition) is 2. The number of aromatic amines is 1. The van der Waals surface area contributed by atoms with E-state index >= 15 is 0 Å². The summed E-state index contributed by atoms with van der Waals surface area (Å²) in [7, 11) is -3.48. The number of aromatic nitrogens is 4. The van der Waals surface area contributed by atoms with E-state index in [1.165, 1.54) is 16.7 Å². The van der Waals surface area contributed by atoms with E-state index < -0.39 is 10.0 Å². The maximum Gasteiger partial charge on any atom is 0.246 e. The summed E-state index contributed by atoms with van der Waals surface area (Å²) in [6.45, 7) is 0.990. The average Bonchev–Trinajstić information content (AvgIpc) is 3.05. The van der Waals surface area contributed by atoms with Gasteiger partial charge in [-0.3, -0.25) is 10.1 Å². The van der Waals surface area contributed by atoms with E-state index in [-0.39, 0.29) is 10.8 Å². The number of rotatable bonds is 4. The van der Waals surface area contributed by atoms with Crippen molar-refractivity contribution in [3.05, 3.63) is 30.5 Å². The first-order valence-corrected chi connectivity index (χ1v) is 8.55. The zero-order chi connectivity index (χ0) is 15.6. The molecule has 118 valence electrons. The van der Waals surface area contributed by atoms with Gasteiger partial charge in [-0.05, 0) is 25.2 Å². The van der Waals surface area contributed by atoms with Crippen molar-refractivity contribution in [1.29, 1.82) is 0 Å².